The minimum Gasteiger partial charge on any atom is -0.256 e. The zero-order valence-corrected chi connectivity index (χ0v) is 18.3. The Hall–Kier alpha value is -3.97. The van der Waals surface area contributed by atoms with E-state index in [0.717, 1.165) is 5.52 Å². The molecule has 0 fully saturated rings. The number of aryl methyl sites for hydroxylation is 2. The van der Waals surface area contributed by atoms with Crippen LogP contribution in [-0.2, 0) is 0 Å². The van der Waals surface area contributed by atoms with Crippen LogP contribution in [0.4, 0.5) is 0 Å². The molecule has 0 unspecified atom stereocenters. The third-order valence-corrected chi connectivity index (χ3v) is 6.37. The fourth-order valence-electron chi connectivity index (χ4n) is 5.01. The molecular formula is C31H23N. The van der Waals surface area contributed by atoms with Crippen LogP contribution in [0.5, 0.6) is 0 Å². The lowest BCUT2D eigenvalue weighted by Crippen LogP contribution is -1.93. The van der Waals surface area contributed by atoms with Gasteiger partial charge in [-0.3, -0.25) is 4.98 Å². The normalized spacial score (nSPS) is 11.4. The van der Waals surface area contributed by atoms with Crippen LogP contribution in [0.2, 0.25) is 0 Å². The van der Waals surface area contributed by atoms with E-state index in [2.05, 4.69) is 117 Å². The predicted molar refractivity (Wildman–Crippen MR) is 137 cm³/mol. The van der Waals surface area contributed by atoms with Crippen molar-refractivity contribution in [1.82, 2.24) is 4.98 Å². The Kier molecular flexibility index (Phi) is 4.29. The molecule has 32 heavy (non-hydrogen) atoms. The zero-order valence-electron chi connectivity index (χ0n) is 18.3. The van der Waals surface area contributed by atoms with E-state index in [4.69, 9.17) is 4.98 Å². The first-order valence-electron chi connectivity index (χ1n) is 11.1. The molecule has 6 aromatic rings. The van der Waals surface area contributed by atoms with Crippen molar-refractivity contribution in [3.63, 3.8) is 0 Å². The van der Waals surface area contributed by atoms with Gasteiger partial charge in [-0.15, -0.1) is 0 Å². The highest BCUT2D eigenvalue weighted by atomic mass is 14.6. The van der Waals surface area contributed by atoms with Crippen LogP contribution in [0.15, 0.2) is 103 Å². The lowest BCUT2D eigenvalue weighted by molar-refractivity contribution is 1.44. The zero-order chi connectivity index (χ0) is 21.7. The quantitative estimate of drug-likeness (QED) is 0.206. The van der Waals surface area contributed by atoms with Gasteiger partial charge < -0.3 is 0 Å². The van der Waals surface area contributed by atoms with E-state index in [9.17, 15) is 0 Å². The van der Waals surface area contributed by atoms with Crippen molar-refractivity contribution in [2.45, 2.75) is 13.8 Å². The molecule has 0 saturated heterocycles. The first-order valence-corrected chi connectivity index (χ1v) is 11.1. The highest BCUT2D eigenvalue weighted by molar-refractivity contribution is 6.27. The molecule has 0 radical (unpaired) electrons. The average molecular weight is 410 g/mol. The first-order chi connectivity index (χ1) is 15.7. The third-order valence-electron chi connectivity index (χ3n) is 6.37. The Morgan fingerprint density at radius 3 is 1.72 bits per heavy atom. The first kappa shape index (κ1) is 18.8. The molecule has 1 heterocycles. The van der Waals surface area contributed by atoms with Crippen LogP contribution in [-0.4, -0.2) is 4.98 Å². The molecule has 5 aromatic carbocycles. The molecule has 0 amide bonds. The minimum atomic E-state index is 1.03. The number of nitrogens with zero attached hydrogens (tertiary/aromatic N) is 1. The Bertz CT molecular complexity index is 1640. The second kappa shape index (κ2) is 7.32. The number of rotatable bonds is 2. The smallest absolute Gasteiger partial charge is 0.0708 e. The Morgan fingerprint density at radius 2 is 1.06 bits per heavy atom. The summed E-state index contributed by atoms with van der Waals surface area (Å²) in [6, 6.07) is 34.9. The molecule has 1 heteroatoms. The summed E-state index contributed by atoms with van der Waals surface area (Å²) in [6.07, 6.45) is 2.07. The molecule has 1 nitrogen and oxygen atoms in total. The number of benzene rings is 5. The maximum absolute atomic E-state index is 4.88. The van der Waals surface area contributed by atoms with Crippen molar-refractivity contribution in [2.24, 2.45) is 0 Å². The van der Waals surface area contributed by atoms with Crippen molar-refractivity contribution >= 4 is 32.4 Å². The van der Waals surface area contributed by atoms with Crippen molar-refractivity contribution < 1.29 is 0 Å². The molecule has 0 bridgehead atoms. The van der Waals surface area contributed by atoms with Gasteiger partial charge in [-0.2, -0.15) is 0 Å². The van der Waals surface area contributed by atoms with Gasteiger partial charge in [0.05, 0.1) is 5.52 Å². The minimum absolute atomic E-state index is 1.03. The van der Waals surface area contributed by atoms with Crippen LogP contribution < -0.4 is 0 Å². The maximum Gasteiger partial charge on any atom is 0.0708 e. The summed E-state index contributed by atoms with van der Waals surface area (Å²) in [4.78, 5) is 4.88. The summed E-state index contributed by atoms with van der Waals surface area (Å²) in [5, 5.41) is 6.21. The summed E-state index contributed by atoms with van der Waals surface area (Å²) >= 11 is 0. The average Bonchev–Trinajstić information content (AvgIpc) is 2.82. The van der Waals surface area contributed by atoms with Gasteiger partial charge in [-0.25, -0.2) is 0 Å². The van der Waals surface area contributed by atoms with E-state index in [-0.39, 0.29) is 0 Å². The number of fused-ring (bicyclic) bond motifs is 4. The molecule has 0 atom stereocenters. The standard InChI is InChI=1S/C31H23N/c1-20-9-7-11-22(17-20)29-24-13-3-4-14-25(24)30(23-12-8-10-21(2)18-23)31-26-15-5-6-16-28(26)32-19-27(29)31/h3-19H,1-2H3. The molecule has 0 aliphatic heterocycles. The second-order valence-electron chi connectivity index (χ2n) is 8.60. The largest absolute Gasteiger partial charge is 0.256 e. The number of pyridine rings is 1. The summed E-state index contributed by atoms with van der Waals surface area (Å²) < 4.78 is 0. The topological polar surface area (TPSA) is 12.9 Å². The lowest BCUT2D eigenvalue weighted by atomic mass is 9.85. The van der Waals surface area contributed by atoms with Crippen LogP contribution in [0.3, 0.4) is 0 Å². The molecule has 0 spiro atoms. The van der Waals surface area contributed by atoms with Crippen molar-refractivity contribution in [3.05, 3.63) is 114 Å². The van der Waals surface area contributed by atoms with Crippen LogP contribution in [0.25, 0.3) is 54.7 Å². The Morgan fingerprint density at radius 1 is 0.500 bits per heavy atom. The monoisotopic (exact) mass is 409 g/mol. The summed E-state index contributed by atoms with van der Waals surface area (Å²) in [7, 11) is 0. The third kappa shape index (κ3) is 2.90. The van der Waals surface area contributed by atoms with E-state index in [1.54, 1.807) is 0 Å². The SMILES string of the molecule is Cc1cccc(-c2c3ccccc3c(-c3cccc(C)c3)c3c2cnc2ccccc23)c1. The molecule has 0 saturated carbocycles. The van der Waals surface area contributed by atoms with Gasteiger partial charge in [0.15, 0.2) is 0 Å². The number of para-hydroxylation sites is 1. The summed E-state index contributed by atoms with van der Waals surface area (Å²) in [5.41, 5.74) is 8.58. The Balaban J connectivity index is 1.92. The van der Waals surface area contributed by atoms with E-state index in [1.807, 2.05) is 0 Å². The van der Waals surface area contributed by atoms with Crippen LogP contribution >= 0.6 is 0 Å². The Labute approximate surface area is 188 Å². The maximum atomic E-state index is 4.88. The van der Waals surface area contributed by atoms with Gasteiger partial charge in [0.1, 0.15) is 0 Å². The highest BCUT2D eigenvalue weighted by Crippen LogP contribution is 2.45. The summed E-state index contributed by atoms with van der Waals surface area (Å²) in [5.74, 6) is 0. The molecule has 152 valence electrons. The number of hydrogen-bond donors (Lipinski definition) is 0. The van der Waals surface area contributed by atoms with Crippen molar-refractivity contribution in [3.8, 4) is 22.3 Å². The van der Waals surface area contributed by atoms with E-state index < -0.39 is 0 Å². The van der Waals surface area contributed by atoms with Gasteiger partial charge in [0, 0.05) is 22.4 Å². The molecule has 0 aliphatic carbocycles. The molecule has 0 N–H and O–H groups in total. The molecular weight excluding hydrogens is 386 g/mol. The highest BCUT2D eigenvalue weighted by Gasteiger charge is 2.19. The van der Waals surface area contributed by atoms with Gasteiger partial charge in [-0.1, -0.05) is 102 Å². The van der Waals surface area contributed by atoms with Crippen molar-refractivity contribution in [2.75, 3.05) is 0 Å². The molecule has 0 aliphatic rings. The van der Waals surface area contributed by atoms with Gasteiger partial charge in [-0.05, 0) is 52.9 Å². The number of hydrogen-bond acceptors (Lipinski definition) is 1. The lowest BCUT2D eigenvalue weighted by Gasteiger charge is -2.19. The van der Waals surface area contributed by atoms with Crippen molar-refractivity contribution in [1.29, 1.82) is 0 Å². The fourth-order valence-corrected chi connectivity index (χ4v) is 5.01. The van der Waals surface area contributed by atoms with Gasteiger partial charge in [0.25, 0.3) is 0 Å². The van der Waals surface area contributed by atoms with Crippen LogP contribution in [0, 0.1) is 13.8 Å². The number of aromatic nitrogens is 1. The van der Waals surface area contributed by atoms with E-state index in [1.165, 1.54) is 60.3 Å². The van der Waals surface area contributed by atoms with E-state index >= 15 is 0 Å². The fraction of sp³-hybridized carbons (Fsp3) is 0.0645. The van der Waals surface area contributed by atoms with Crippen LogP contribution in [0.1, 0.15) is 11.1 Å². The molecule has 6 rings (SSSR count). The van der Waals surface area contributed by atoms with E-state index in [0.29, 0.717) is 0 Å². The summed E-state index contributed by atoms with van der Waals surface area (Å²) in [6.45, 7) is 4.32. The molecule has 1 aromatic heterocycles. The van der Waals surface area contributed by atoms with Gasteiger partial charge >= 0.3 is 0 Å². The second-order valence-corrected chi connectivity index (χ2v) is 8.60. The van der Waals surface area contributed by atoms with Gasteiger partial charge in [0.2, 0.25) is 0 Å². The predicted octanol–water partition coefficient (Wildman–Crippen LogP) is 8.49.